The first kappa shape index (κ1) is 101. The van der Waals surface area contributed by atoms with Crippen LogP contribution >= 0.6 is 0 Å². The molecule has 0 aromatic carbocycles. The summed E-state index contributed by atoms with van der Waals surface area (Å²) in [6.07, 6.45) is -39.6. The summed E-state index contributed by atoms with van der Waals surface area (Å²) < 4.78 is 212. The first-order valence-corrected chi connectivity index (χ1v) is 23.3. The minimum Gasteiger partial charge on any atom is -0.871 e. The Balaban J connectivity index is -0.0000000937. The van der Waals surface area contributed by atoms with Crippen molar-refractivity contribution in [3.8, 4) is 0 Å². The van der Waals surface area contributed by atoms with E-state index >= 15 is 0 Å². The molecule has 0 aliphatic carbocycles. The van der Waals surface area contributed by atoms with E-state index in [9.17, 15) is 98.5 Å². The van der Waals surface area contributed by atoms with Crippen molar-refractivity contribution in [2.45, 2.75) is 119 Å². The van der Waals surface area contributed by atoms with Crippen LogP contribution in [-0.4, -0.2) is 237 Å². The number of carboxylic acid groups (broad SMARTS) is 9. The van der Waals surface area contributed by atoms with Crippen molar-refractivity contribution >= 4 is 61.0 Å². The summed E-state index contributed by atoms with van der Waals surface area (Å²) in [5.74, 6) is -29.1. The summed E-state index contributed by atoms with van der Waals surface area (Å²) >= 11 is 0. The molecular weight excluding hydrogens is 1240 g/mol. The van der Waals surface area contributed by atoms with Gasteiger partial charge in [0, 0.05) is 12.4 Å². The molecule has 0 heterocycles. The highest BCUT2D eigenvalue weighted by atomic mass is 19.4. The van der Waals surface area contributed by atoms with Crippen LogP contribution in [0.5, 0.6) is 0 Å². The molecule has 0 rings (SSSR count). The van der Waals surface area contributed by atoms with Crippen LogP contribution in [-0.2, 0) is 43.2 Å². The number of quaternary nitrogens is 3. The van der Waals surface area contributed by atoms with Crippen molar-refractivity contribution in [1.29, 1.82) is 0 Å². The zero-order valence-electron chi connectivity index (χ0n) is 47.4. The highest BCUT2D eigenvalue weighted by molar-refractivity contribution is 6.28. The SMILES string of the molecule is CC[N+](C)(CC)CC.CC[N+](C)(CC)CC.CC[N+](C)(CC)CC.O=C(O)C(=O)O.O=C(O)C(=O)O.O=C(O)C(=O)O.O=C(O)CC(C(F)(F)F)C(F)(F)F.O=C(O)CC(C(F)(F)F)C(F)(F)F.O=C([O-])CC(C(F)(F)F)C(F)(F)F.[O-]B([O-])O. The van der Waals surface area contributed by atoms with Crippen LogP contribution in [0.15, 0.2) is 0 Å². The predicted octanol–water partition coefficient (Wildman–Crippen LogP) is 3.90. The van der Waals surface area contributed by atoms with E-state index in [1.54, 1.807) is 0 Å². The van der Waals surface area contributed by atoms with Gasteiger partial charge in [0.05, 0.1) is 100 Å². The molecule has 0 bridgehead atoms. The van der Waals surface area contributed by atoms with Gasteiger partial charge in [-0.3, -0.25) is 9.59 Å². The van der Waals surface area contributed by atoms with E-state index < -0.39 is 135 Å². The summed E-state index contributed by atoms with van der Waals surface area (Å²) in [5, 5.41) is 93.6. The van der Waals surface area contributed by atoms with E-state index in [-0.39, 0.29) is 0 Å². The Hall–Kier alpha value is -6.21. The Morgan fingerprint density at radius 1 is 0.329 bits per heavy atom. The number of hydrogen-bond donors (Lipinski definition) is 9. The lowest BCUT2D eigenvalue weighted by molar-refractivity contribution is -0.904. The van der Waals surface area contributed by atoms with E-state index in [0.717, 1.165) is 0 Å². The molecule has 0 spiro atoms. The van der Waals surface area contributed by atoms with Crippen molar-refractivity contribution in [2.75, 3.05) is 80.0 Å². The lowest BCUT2D eigenvalue weighted by Gasteiger charge is -2.30. The smallest absolute Gasteiger partial charge is 0.414 e. The number of carbonyl (C=O) groups excluding carboxylic acids is 1. The number of aliphatic carboxylic acids is 9. The van der Waals surface area contributed by atoms with Crippen LogP contribution in [0.1, 0.15) is 81.6 Å². The van der Waals surface area contributed by atoms with Crippen LogP contribution in [0.25, 0.3) is 0 Å². The Kier molecular flexibility index (Phi) is 55.7. The lowest BCUT2D eigenvalue weighted by Crippen LogP contribution is -2.44. The van der Waals surface area contributed by atoms with E-state index in [2.05, 4.69) is 83.5 Å². The van der Waals surface area contributed by atoms with E-state index in [4.69, 9.17) is 84.7 Å². The van der Waals surface area contributed by atoms with Crippen LogP contribution in [0.4, 0.5) is 79.0 Å². The minimum absolute atomic E-state index is 1.21. The third-order valence-corrected chi connectivity index (χ3v) is 10.9. The molecule has 9 N–H and O–H groups in total. The monoisotopic (exact) mass is 1310 g/mol. The number of rotatable bonds is 15. The molecule has 0 saturated heterocycles. The molecule has 0 aromatic rings. The number of alkyl halides is 18. The summed E-state index contributed by atoms with van der Waals surface area (Å²) in [4.78, 5) is 83.6. The molecule has 0 amide bonds. The summed E-state index contributed by atoms with van der Waals surface area (Å²) in [6.45, 7) is 31.5. The van der Waals surface area contributed by atoms with E-state index in [1.807, 2.05) is 0 Å². The van der Waals surface area contributed by atoms with Gasteiger partial charge < -0.3 is 79.3 Å². The maximum Gasteiger partial charge on any atom is 0.414 e. The number of halogens is 18. The van der Waals surface area contributed by atoms with Crippen LogP contribution in [0, 0.1) is 17.8 Å². The van der Waals surface area contributed by atoms with Gasteiger partial charge in [-0.1, -0.05) is 0 Å². The molecule has 85 heavy (non-hydrogen) atoms. The lowest BCUT2D eigenvalue weighted by atomic mass is 10.1. The van der Waals surface area contributed by atoms with Crippen molar-refractivity contribution < 1.29 is 197 Å². The molecular formula is C42H72BF18N3O21. The molecule has 0 aliphatic heterocycles. The molecule has 0 unspecified atom stereocenters. The number of nitrogens with zero attached hydrogens (tertiary/aromatic N) is 3. The van der Waals surface area contributed by atoms with Crippen molar-refractivity contribution in [3.63, 3.8) is 0 Å². The first-order valence-electron chi connectivity index (χ1n) is 23.3. The predicted molar refractivity (Wildman–Crippen MR) is 248 cm³/mol. The fraction of sp³-hybridized carbons (Fsp3) is 0.786. The van der Waals surface area contributed by atoms with Gasteiger partial charge in [-0.15, -0.1) is 0 Å². The molecule has 0 aromatic heterocycles. The fourth-order valence-electron chi connectivity index (χ4n) is 3.78. The largest absolute Gasteiger partial charge is 0.871 e. The summed E-state index contributed by atoms with van der Waals surface area (Å²) in [7, 11) is 4.21. The Morgan fingerprint density at radius 3 is 0.459 bits per heavy atom. The number of carbonyl (C=O) groups is 9. The quantitative estimate of drug-likeness (QED) is 0.0486. The third kappa shape index (κ3) is 68.5. The van der Waals surface area contributed by atoms with Gasteiger partial charge in [0.1, 0.15) is 0 Å². The van der Waals surface area contributed by atoms with Gasteiger partial charge in [-0.25, -0.2) is 28.8 Å². The average Bonchev–Trinajstić information content (AvgIpc) is 3.32. The van der Waals surface area contributed by atoms with Gasteiger partial charge in [-0.05, 0) is 62.3 Å². The number of hydrogen-bond acceptors (Lipinski definition) is 13. The summed E-state index contributed by atoms with van der Waals surface area (Å²) in [6, 6.07) is 0. The standard InChI is InChI=1S/3C7H18N.3C5H4F6O2.3C2H2O4.BHO3/c3*1-5-8(4,6-2)7-3;3*6-4(7,8)2(1-3(12)13)5(9,10)11;3*3-1(4)2(5)6;2-1(3)4/h3*5-7H2,1-4H3;3*2H,1H2,(H,12,13);3*(H,3,4)(H,5,6);2H/q3*+1;;;;;;;-2/p-1. The minimum atomic E-state index is -5.61. The zero-order chi connectivity index (χ0) is 71.5. The molecule has 0 fully saturated rings. The average molecular weight is 1310 g/mol. The highest BCUT2D eigenvalue weighted by Gasteiger charge is 2.59. The summed E-state index contributed by atoms with van der Waals surface area (Å²) in [5.41, 5.74) is 0. The van der Waals surface area contributed by atoms with Crippen LogP contribution in [0.3, 0.4) is 0 Å². The van der Waals surface area contributed by atoms with E-state index in [1.165, 1.54) is 72.4 Å². The fourth-order valence-corrected chi connectivity index (χ4v) is 3.78. The molecule has 0 saturated carbocycles. The Bertz CT molecular complexity index is 1580. The molecule has 24 nitrogen and oxygen atoms in total. The van der Waals surface area contributed by atoms with Gasteiger partial charge >= 0.3 is 84.8 Å². The van der Waals surface area contributed by atoms with Crippen LogP contribution in [0.2, 0.25) is 0 Å². The first-order chi connectivity index (χ1) is 37.4. The van der Waals surface area contributed by atoms with Gasteiger partial charge in [-0.2, -0.15) is 79.0 Å². The second-order valence-corrected chi connectivity index (χ2v) is 16.5. The van der Waals surface area contributed by atoms with Gasteiger partial charge in [0.15, 0.2) is 17.8 Å². The topological polar surface area (TPSA) is 405 Å². The molecule has 43 heteroatoms. The Labute approximate surface area is 474 Å². The molecule has 0 radical (unpaired) electrons. The maximum absolute atomic E-state index is 11.6. The number of carboxylic acids is 9. The van der Waals surface area contributed by atoms with Gasteiger partial charge in [0.2, 0.25) is 0 Å². The molecule has 0 aliphatic rings. The van der Waals surface area contributed by atoms with Crippen molar-refractivity contribution in [1.82, 2.24) is 0 Å². The van der Waals surface area contributed by atoms with Gasteiger partial charge in [0.25, 0.3) is 0 Å². The van der Waals surface area contributed by atoms with Crippen LogP contribution < -0.4 is 15.2 Å². The highest BCUT2D eigenvalue weighted by Crippen LogP contribution is 2.43. The van der Waals surface area contributed by atoms with Crippen molar-refractivity contribution in [2.24, 2.45) is 17.8 Å². The third-order valence-electron chi connectivity index (χ3n) is 10.9. The zero-order valence-corrected chi connectivity index (χ0v) is 47.4. The second kappa shape index (κ2) is 47.0. The molecule has 510 valence electrons. The van der Waals surface area contributed by atoms with Crippen molar-refractivity contribution in [3.05, 3.63) is 0 Å². The molecule has 0 atom stereocenters. The normalized spacial score (nSPS) is 11.4. The van der Waals surface area contributed by atoms with E-state index in [0.29, 0.717) is 0 Å². The second-order valence-electron chi connectivity index (χ2n) is 16.5. The Morgan fingerprint density at radius 2 is 0.435 bits per heavy atom. The maximum atomic E-state index is 11.6.